The van der Waals surface area contributed by atoms with Crippen molar-refractivity contribution >= 4 is 11.8 Å². The molecular formula is C7H4N2O2. The van der Waals surface area contributed by atoms with Crippen LogP contribution in [0, 0.1) is 0 Å². The van der Waals surface area contributed by atoms with Crippen LogP contribution >= 0.6 is 0 Å². The summed E-state index contributed by atoms with van der Waals surface area (Å²) < 4.78 is 0. The lowest BCUT2D eigenvalue weighted by molar-refractivity contribution is 0.0840. The van der Waals surface area contributed by atoms with E-state index in [0.29, 0.717) is 11.1 Å². The molecule has 1 aromatic heterocycles. The topological polar surface area (TPSA) is 59.1 Å². The van der Waals surface area contributed by atoms with E-state index in [1.807, 2.05) is 0 Å². The number of pyridine rings is 1. The molecule has 0 atom stereocenters. The minimum atomic E-state index is -0.379. The first-order chi connectivity index (χ1) is 5.27. The highest BCUT2D eigenvalue weighted by atomic mass is 16.2. The van der Waals surface area contributed by atoms with Crippen molar-refractivity contribution < 1.29 is 9.59 Å². The monoisotopic (exact) mass is 148 g/mol. The molecule has 1 aliphatic heterocycles. The molecule has 2 rings (SSSR count). The first kappa shape index (κ1) is 6.03. The molecule has 0 radical (unpaired) electrons. The number of carbonyl (C=O) groups excluding carboxylic acids is 2. The number of nitrogens with one attached hydrogen (secondary N) is 1. The molecule has 0 saturated heterocycles. The Labute approximate surface area is 62.2 Å². The van der Waals surface area contributed by atoms with Gasteiger partial charge in [-0.15, -0.1) is 0 Å². The van der Waals surface area contributed by atoms with Crippen molar-refractivity contribution in [3.05, 3.63) is 29.6 Å². The van der Waals surface area contributed by atoms with Gasteiger partial charge in [0.15, 0.2) is 0 Å². The predicted molar refractivity (Wildman–Crippen MR) is 36.0 cm³/mol. The molecule has 0 saturated carbocycles. The van der Waals surface area contributed by atoms with Crippen LogP contribution in [0.15, 0.2) is 18.5 Å². The quantitative estimate of drug-likeness (QED) is 0.525. The summed E-state index contributed by atoms with van der Waals surface area (Å²) in [6.07, 6.45) is 2.84. The summed E-state index contributed by atoms with van der Waals surface area (Å²) in [4.78, 5) is 25.5. The standard InChI is InChI=1S/C7H4N2O2/c10-6-4-1-5(3-8-2-4)7(11)9-6/h1-3H,(H,9,10,11). The number of imide groups is 1. The van der Waals surface area contributed by atoms with E-state index in [1.54, 1.807) is 0 Å². The molecule has 0 aliphatic carbocycles. The van der Waals surface area contributed by atoms with Gasteiger partial charge in [0.2, 0.25) is 0 Å². The fourth-order valence-corrected chi connectivity index (χ4v) is 0.936. The number of fused-ring (bicyclic) bond motifs is 2. The SMILES string of the molecule is O=C1NC(=O)c2cncc1c2. The van der Waals surface area contributed by atoms with Gasteiger partial charge in [-0.2, -0.15) is 0 Å². The third kappa shape index (κ3) is 0.797. The Balaban J connectivity index is 2.67. The van der Waals surface area contributed by atoms with E-state index in [2.05, 4.69) is 10.3 Å². The van der Waals surface area contributed by atoms with Gasteiger partial charge in [-0.05, 0) is 6.07 Å². The van der Waals surface area contributed by atoms with Crippen molar-refractivity contribution in [2.75, 3.05) is 0 Å². The van der Waals surface area contributed by atoms with Gasteiger partial charge in [0.05, 0.1) is 11.1 Å². The Kier molecular flexibility index (Phi) is 1.03. The van der Waals surface area contributed by atoms with E-state index < -0.39 is 0 Å². The maximum atomic E-state index is 10.9. The fraction of sp³-hybridized carbons (Fsp3) is 0. The van der Waals surface area contributed by atoms with E-state index in [-0.39, 0.29) is 11.8 Å². The Morgan fingerprint density at radius 3 is 2.18 bits per heavy atom. The van der Waals surface area contributed by atoms with Crippen LogP contribution in [-0.2, 0) is 0 Å². The van der Waals surface area contributed by atoms with Crippen LogP contribution in [-0.4, -0.2) is 16.8 Å². The lowest BCUT2D eigenvalue weighted by atomic mass is 10.1. The van der Waals surface area contributed by atoms with Crippen LogP contribution in [0.3, 0.4) is 0 Å². The van der Waals surface area contributed by atoms with Crippen molar-refractivity contribution in [1.29, 1.82) is 0 Å². The lowest BCUT2D eigenvalue weighted by Crippen LogP contribution is -2.34. The highest BCUT2D eigenvalue weighted by Gasteiger charge is 2.19. The van der Waals surface area contributed by atoms with Crippen molar-refractivity contribution in [2.24, 2.45) is 0 Å². The van der Waals surface area contributed by atoms with Crippen LogP contribution in [0.5, 0.6) is 0 Å². The van der Waals surface area contributed by atoms with Gasteiger partial charge in [-0.25, -0.2) is 0 Å². The summed E-state index contributed by atoms with van der Waals surface area (Å²) in [6.45, 7) is 0. The van der Waals surface area contributed by atoms with Gasteiger partial charge in [0.1, 0.15) is 0 Å². The minimum Gasteiger partial charge on any atom is -0.288 e. The molecule has 4 heteroatoms. The normalized spacial score (nSPS) is 14.5. The maximum absolute atomic E-state index is 10.9. The van der Waals surface area contributed by atoms with Crippen molar-refractivity contribution in [2.45, 2.75) is 0 Å². The van der Waals surface area contributed by atoms with Crippen molar-refractivity contribution in [3.8, 4) is 0 Å². The van der Waals surface area contributed by atoms with E-state index in [1.165, 1.54) is 18.5 Å². The maximum Gasteiger partial charge on any atom is 0.259 e. The zero-order valence-corrected chi connectivity index (χ0v) is 5.50. The number of carbonyl (C=O) groups is 2. The highest BCUT2D eigenvalue weighted by Crippen LogP contribution is 2.07. The molecule has 2 heterocycles. The molecule has 0 spiro atoms. The van der Waals surface area contributed by atoms with Crippen molar-refractivity contribution in [1.82, 2.24) is 10.3 Å². The van der Waals surface area contributed by atoms with Gasteiger partial charge in [-0.3, -0.25) is 19.9 Å². The van der Waals surface area contributed by atoms with Crippen LogP contribution in [0.1, 0.15) is 20.7 Å². The molecule has 0 aromatic carbocycles. The van der Waals surface area contributed by atoms with Crippen LogP contribution in [0.25, 0.3) is 0 Å². The lowest BCUT2D eigenvalue weighted by Gasteiger charge is -2.09. The fourth-order valence-electron chi connectivity index (χ4n) is 0.936. The summed E-state index contributed by atoms with van der Waals surface area (Å²) in [7, 11) is 0. The average Bonchev–Trinajstić information content (AvgIpc) is 2.02. The number of rotatable bonds is 0. The summed E-state index contributed by atoms with van der Waals surface area (Å²) in [6, 6.07) is 1.52. The molecule has 0 unspecified atom stereocenters. The molecule has 1 aromatic rings. The van der Waals surface area contributed by atoms with Gasteiger partial charge >= 0.3 is 0 Å². The minimum absolute atomic E-state index is 0.379. The summed E-state index contributed by atoms with van der Waals surface area (Å²) in [5.74, 6) is -0.758. The van der Waals surface area contributed by atoms with Gasteiger partial charge in [-0.1, -0.05) is 0 Å². The van der Waals surface area contributed by atoms with Crippen LogP contribution in [0.2, 0.25) is 0 Å². The molecular weight excluding hydrogens is 144 g/mol. The predicted octanol–water partition coefficient (Wildman–Crippen LogP) is -0.0348. The molecule has 1 N–H and O–H groups in total. The van der Waals surface area contributed by atoms with Crippen molar-refractivity contribution in [3.63, 3.8) is 0 Å². The van der Waals surface area contributed by atoms with Gasteiger partial charge in [0, 0.05) is 12.4 Å². The Hall–Kier alpha value is -1.71. The largest absolute Gasteiger partial charge is 0.288 e. The van der Waals surface area contributed by atoms with E-state index >= 15 is 0 Å². The molecule has 4 nitrogen and oxygen atoms in total. The second-order valence-corrected chi connectivity index (χ2v) is 2.25. The Bertz CT molecular complexity index is 317. The van der Waals surface area contributed by atoms with Gasteiger partial charge < -0.3 is 0 Å². The molecule has 11 heavy (non-hydrogen) atoms. The number of nitrogens with zero attached hydrogens (tertiary/aromatic N) is 1. The number of hydrogen-bond donors (Lipinski definition) is 1. The molecule has 54 valence electrons. The third-order valence-electron chi connectivity index (χ3n) is 1.49. The second kappa shape index (κ2) is 1.88. The first-order valence-electron chi connectivity index (χ1n) is 3.08. The molecule has 1 aliphatic rings. The first-order valence-corrected chi connectivity index (χ1v) is 3.08. The number of hydrogen-bond acceptors (Lipinski definition) is 3. The molecule has 2 bridgehead atoms. The van der Waals surface area contributed by atoms with E-state index in [9.17, 15) is 9.59 Å². The Morgan fingerprint density at radius 2 is 1.64 bits per heavy atom. The van der Waals surface area contributed by atoms with Gasteiger partial charge in [0.25, 0.3) is 11.8 Å². The third-order valence-corrected chi connectivity index (χ3v) is 1.49. The number of aromatic nitrogens is 1. The summed E-state index contributed by atoms with van der Waals surface area (Å²) >= 11 is 0. The summed E-state index contributed by atoms with van der Waals surface area (Å²) in [5.41, 5.74) is 0.865. The van der Waals surface area contributed by atoms with Crippen LogP contribution < -0.4 is 5.32 Å². The summed E-state index contributed by atoms with van der Waals surface area (Å²) in [5, 5.41) is 2.18. The molecule has 0 fully saturated rings. The van der Waals surface area contributed by atoms with E-state index in [4.69, 9.17) is 0 Å². The zero-order valence-electron chi connectivity index (χ0n) is 5.50. The van der Waals surface area contributed by atoms with E-state index in [0.717, 1.165) is 0 Å². The second-order valence-electron chi connectivity index (χ2n) is 2.25. The van der Waals surface area contributed by atoms with Crippen LogP contribution in [0.4, 0.5) is 0 Å². The number of amides is 2. The Morgan fingerprint density at radius 1 is 1.09 bits per heavy atom. The average molecular weight is 148 g/mol. The highest BCUT2D eigenvalue weighted by molar-refractivity contribution is 6.14. The smallest absolute Gasteiger partial charge is 0.259 e. The zero-order chi connectivity index (χ0) is 7.84. The molecule has 2 amide bonds.